The highest BCUT2D eigenvalue weighted by Crippen LogP contribution is 2.32. The maximum atomic E-state index is 15.0. The van der Waals surface area contributed by atoms with E-state index in [-0.39, 0.29) is 17.0 Å². The van der Waals surface area contributed by atoms with Gasteiger partial charge in [0, 0.05) is 17.2 Å². The van der Waals surface area contributed by atoms with Crippen LogP contribution in [-0.4, -0.2) is 32.2 Å². The van der Waals surface area contributed by atoms with Crippen LogP contribution in [0.15, 0.2) is 53.3 Å². The number of pyridine rings is 1. The van der Waals surface area contributed by atoms with Crippen molar-refractivity contribution >= 4 is 0 Å². The first-order chi connectivity index (χ1) is 15.6. The van der Waals surface area contributed by atoms with Gasteiger partial charge in [-0.25, -0.2) is 4.39 Å². The molecular weight excluding hydrogens is 409 g/mol. The Morgan fingerprint density at radius 2 is 1.84 bits per heavy atom. The molecule has 0 saturated heterocycles. The van der Waals surface area contributed by atoms with E-state index in [9.17, 15) is 9.18 Å². The molecule has 0 aliphatic heterocycles. The van der Waals surface area contributed by atoms with Crippen LogP contribution in [0.4, 0.5) is 4.39 Å². The summed E-state index contributed by atoms with van der Waals surface area (Å²) in [6, 6.07) is 14.1. The molecule has 0 bridgehead atoms. The lowest BCUT2D eigenvalue weighted by molar-refractivity contribution is 0.305. The molecule has 2 aromatic carbocycles. The summed E-state index contributed by atoms with van der Waals surface area (Å²) in [7, 11) is 0. The van der Waals surface area contributed by atoms with E-state index in [1.165, 1.54) is 6.07 Å². The Morgan fingerprint density at radius 3 is 2.53 bits per heavy atom. The molecule has 0 atom stereocenters. The Balaban J connectivity index is 1.76. The van der Waals surface area contributed by atoms with Crippen molar-refractivity contribution in [2.45, 2.75) is 33.1 Å². The van der Waals surface area contributed by atoms with Crippen molar-refractivity contribution in [3.8, 4) is 39.5 Å². The van der Waals surface area contributed by atoms with Crippen molar-refractivity contribution < 1.29 is 9.13 Å². The lowest BCUT2D eigenvalue weighted by Crippen LogP contribution is -2.13. The Labute approximate surface area is 184 Å². The number of aromatic amines is 2. The average molecular weight is 433 g/mol. The summed E-state index contributed by atoms with van der Waals surface area (Å²) in [5, 5.41) is 13.9. The molecule has 8 heteroatoms. The number of aryl methyl sites for hydroxylation is 1. The zero-order valence-corrected chi connectivity index (χ0v) is 18.0. The summed E-state index contributed by atoms with van der Waals surface area (Å²) in [6.07, 6.45) is 3.08. The van der Waals surface area contributed by atoms with Gasteiger partial charge in [-0.1, -0.05) is 49.6 Å². The van der Waals surface area contributed by atoms with Crippen LogP contribution in [0.3, 0.4) is 0 Å². The van der Waals surface area contributed by atoms with Crippen LogP contribution in [0, 0.1) is 12.7 Å². The smallest absolute Gasteiger partial charge is 0.260 e. The molecule has 0 aliphatic carbocycles. The normalized spacial score (nSPS) is 11.0. The number of hydrogen-bond donors (Lipinski definition) is 2. The van der Waals surface area contributed by atoms with Crippen molar-refractivity contribution in [1.29, 1.82) is 0 Å². The highest BCUT2D eigenvalue weighted by molar-refractivity contribution is 5.83. The fourth-order valence-corrected chi connectivity index (χ4v) is 3.50. The zero-order chi connectivity index (χ0) is 22.5. The predicted octanol–water partition coefficient (Wildman–Crippen LogP) is 4.91. The van der Waals surface area contributed by atoms with Gasteiger partial charge in [-0.3, -0.25) is 4.79 Å². The third-order valence-corrected chi connectivity index (χ3v) is 5.21. The highest BCUT2D eigenvalue weighted by atomic mass is 19.1. The number of hydrogen-bond acceptors (Lipinski definition) is 5. The fraction of sp³-hybridized carbons (Fsp3) is 0.250. The third-order valence-electron chi connectivity index (χ3n) is 5.21. The van der Waals surface area contributed by atoms with Gasteiger partial charge in [0.2, 0.25) is 5.82 Å². The monoisotopic (exact) mass is 433 g/mol. The van der Waals surface area contributed by atoms with E-state index in [1.54, 1.807) is 18.2 Å². The molecule has 32 heavy (non-hydrogen) atoms. The van der Waals surface area contributed by atoms with Gasteiger partial charge in [0.25, 0.3) is 5.56 Å². The van der Waals surface area contributed by atoms with Crippen molar-refractivity contribution in [1.82, 2.24) is 25.6 Å². The number of rotatable bonds is 8. The number of H-pyrrole nitrogens is 2. The molecule has 0 amide bonds. The van der Waals surface area contributed by atoms with Gasteiger partial charge in [-0.05, 0) is 42.3 Å². The van der Waals surface area contributed by atoms with Gasteiger partial charge in [0.05, 0.1) is 17.9 Å². The standard InChI is InChI=1S/C24H24FN5O2/c1-3-4-5-12-32-17-10-11-18(20(25)13-17)21-14-19(16-8-6-15(2)7-9-16)22(24(31)26-21)23-27-29-30-28-23/h6-11,13-14H,3-5,12H2,1-2H3,(H,26,31)(H,27,28,29,30). The topological polar surface area (TPSA) is 96.6 Å². The van der Waals surface area contributed by atoms with Crippen LogP contribution < -0.4 is 10.3 Å². The third kappa shape index (κ3) is 4.59. The van der Waals surface area contributed by atoms with Crippen molar-refractivity contribution in [3.63, 3.8) is 0 Å². The van der Waals surface area contributed by atoms with Crippen LogP contribution in [0.25, 0.3) is 33.8 Å². The summed E-state index contributed by atoms with van der Waals surface area (Å²) in [5.41, 5.74) is 2.93. The van der Waals surface area contributed by atoms with E-state index in [0.717, 1.165) is 30.4 Å². The van der Waals surface area contributed by atoms with Crippen molar-refractivity contribution in [3.05, 3.63) is 70.3 Å². The quantitative estimate of drug-likeness (QED) is 0.385. The second-order valence-electron chi connectivity index (χ2n) is 7.60. The number of nitrogens with one attached hydrogen (secondary N) is 2. The van der Waals surface area contributed by atoms with Gasteiger partial charge in [0.1, 0.15) is 11.6 Å². The molecule has 0 spiro atoms. The second-order valence-corrected chi connectivity index (χ2v) is 7.60. The molecular formula is C24H24FN5O2. The van der Waals surface area contributed by atoms with E-state index < -0.39 is 11.4 Å². The molecule has 2 aromatic heterocycles. The Morgan fingerprint density at radius 1 is 1.03 bits per heavy atom. The highest BCUT2D eigenvalue weighted by Gasteiger charge is 2.19. The molecule has 4 aromatic rings. The lowest BCUT2D eigenvalue weighted by Gasteiger charge is -2.12. The summed E-state index contributed by atoms with van der Waals surface area (Å²) >= 11 is 0. The van der Waals surface area contributed by atoms with E-state index in [1.807, 2.05) is 31.2 Å². The average Bonchev–Trinajstić information content (AvgIpc) is 3.31. The summed E-state index contributed by atoms with van der Waals surface area (Å²) < 4.78 is 20.6. The molecule has 0 unspecified atom stereocenters. The molecule has 0 radical (unpaired) electrons. The maximum Gasteiger partial charge on any atom is 0.260 e. The molecule has 0 aliphatic rings. The van der Waals surface area contributed by atoms with Crippen LogP contribution in [0.5, 0.6) is 5.75 Å². The van der Waals surface area contributed by atoms with E-state index in [0.29, 0.717) is 23.6 Å². The first-order valence-corrected chi connectivity index (χ1v) is 10.6. The number of ether oxygens (including phenoxy) is 1. The first-order valence-electron chi connectivity index (χ1n) is 10.6. The second kappa shape index (κ2) is 9.55. The van der Waals surface area contributed by atoms with Gasteiger partial charge in [-0.2, -0.15) is 5.21 Å². The summed E-state index contributed by atoms with van der Waals surface area (Å²) in [5.74, 6) is 0.160. The summed E-state index contributed by atoms with van der Waals surface area (Å²) in [6.45, 7) is 4.64. The molecule has 2 heterocycles. The van der Waals surface area contributed by atoms with Crippen LogP contribution >= 0.6 is 0 Å². The molecule has 2 N–H and O–H groups in total. The Kier molecular flexibility index (Phi) is 6.39. The van der Waals surface area contributed by atoms with Crippen LogP contribution in [0.1, 0.15) is 31.7 Å². The maximum absolute atomic E-state index is 15.0. The first kappa shape index (κ1) is 21.4. The zero-order valence-electron chi connectivity index (χ0n) is 18.0. The minimum atomic E-state index is -0.476. The summed E-state index contributed by atoms with van der Waals surface area (Å²) in [4.78, 5) is 15.8. The minimum absolute atomic E-state index is 0.171. The number of benzene rings is 2. The largest absolute Gasteiger partial charge is 0.493 e. The van der Waals surface area contributed by atoms with Gasteiger partial charge >= 0.3 is 0 Å². The van der Waals surface area contributed by atoms with E-state index in [4.69, 9.17) is 4.74 Å². The predicted molar refractivity (Wildman–Crippen MR) is 121 cm³/mol. The SMILES string of the molecule is CCCCCOc1ccc(-c2cc(-c3ccc(C)cc3)c(-c3nn[nH]n3)c(=O)[nH]2)c(F)c1. The Bertz CT molecular complexity index is 1250. The van der Waals surface area contributed by atoms with Gasteiger partial charge in [-0.15, -0.1) is 10.2 Å². The van der Waals surface area contributed by atoms with Gasteiger partial charge < -0.3 is 9.72 Å². The van der Waals surface area contributed by atoms with Crippen LogP contribution in [0.2, 0.25) is 0 Å². The van der Waals surface area contributed by atoms with Crippen molar-refractivity contribution in [2.75, 3.05) is 6.61 Å². The molecule has 7 nitrogen and oxygen atoms in total. The fourth-order valence-electron chi connectivity index (χ4n) is 3.50. The molecule has 164 valence electrons. The molecule has 4 rings (SSSR count). The number of nitrogens with zero attached hydrogens (tertiary/aromatic N) is 3. The number of unbranched alkanes of at least 4 members (excludes halogenated alkanes) is 2. The van der Waals surface area contributed by atoms with Crippen LogP contribution in [-0.2, 0) is 0 Å². The van der Waals surface area contributed by atoms with E-state index >= 15 is 0 Å². The Hall–Kier alpha value is -3.81. The van der Waals surface area contributed by atoms with E-state index in [2.05, 4.69) is 32.5 Å². The molecule has 0 fully saturated rings. The van der Waals surface area contributed by atoms with Gasteiger partial charge in [0.15, 0.2) is 0 Å². The molecule has 0 saturated carbocycles. The number of aromatic nitrogens is 5. The lowest BCUT2D eigenvalue weighted by atomic mass is 9.97. The van der Waals surface area contributed by atoms with Crippen molar-refractivity contribution in [2.24, 2.45) is 0 Å². The minimum Gasteiger partial charge on any atom is -0.493 e. The number of halogens is 1. The number of tetrazole rings is 1.